The van der Waals surface area contributed by atoms with Crippen molar-refractivity contribution in [1.29, 1.82) is 0 Å². The number of hydrogen-bond donors (Lipinski definition) is 1. The summed E-state index contributed by atoms with van der Waals surface area (Å²) in [5.74, 6) is -0.411. The van der Waals surface area contributed by atoms with Crippen LogP contribution in [0.2, 0.25) is 10.2 Å². The molecule has 3 heterocycles. The van der Waals surface area contributed by atoms with E-state index in [9.17, 15) is 9.59 Å². The molecular weight excluding hydrogens is 511 g/mol. The van der Waals surface area contributed by atoms with Crippen LogP contribution in [0.1, 0.15) is 25.9 Å². The van der Waals surface area contributed by atoms with Gasteiger partial charge in [0.25, 0.3) is 11.8 Å². The zero-order valence-electron chi connectivity index (χ0n) is 18.7. The van der Waals surface area contributed by atoms with Gasteiger partial charge < -0.3 is 9.64 Å². The molecule has 35 heavy (non-hydrogen) atoms. The van der Waals surface area contributed by atoms with E-state index in [1.165, 1.54) is 24.4 Å². The molecule has 0 bridgehead atoms. The maximum Gasteiger partial charge on any atom is 0.289 e. The number of aryl methyl sites for hydroxylation is 1. The van der Waals surface area contributed by atoms with Gasteiger partial charge in [-0.15, -0.1) is 10.2 Å². The Morgan fingerprint density at radius 1 is 1.03 bits per heavy atom. The second kappa shape index (κ2) is 10.3. The summed E-state index contributed by atoms with van der Waals surface area (Å²) in [5, 5.41) is 11.7. The summed E-state index contributed by atoms with van der Waals surface area (Å²) in [6.07, 6.45) is 2.93. The van der Waals surface area contributed by atoms with Gasteiger partial charge in [-0.25, -0.2) is 4.98 Å². The molecule has 0 aliphatic carbocycles. The number of nitrogens with zero attached hydrogens (tertiary/aromatic N) is 5. The third kappa shape index (κ3) is 5.40. The van der Waals surface area contributed by atoms with E-state index in [1.54, 1.807) is 50.4 Å². The number of hydrogen-bond acceptors (Lipinski definition) is 8. The molecule has 4 rings (SSSR count). The van der Waals surface area contributed by atoms with Crippen molar-refractivity contribution in [2.24, 2.45) is 0 Å². The van der Waals surface area contributed by atoms with Gasteiger partial charge in [-0.2, -0.15) is 0 Å². The topological polar surface area (TPSA) is 110 Å². The van der Waals surface area contributed by atoms with Crippen LogP contribution in [0.5, 0.6) is 5.75 Å². The fourth-order valence-corrected chi connectivity index (χ4v) is 4.20. The second-order valence-electron chi connectivity index (χ2n) is 7.29. The van der Waals surface area contributed by atoms with Crippen LogP contribution in [0.3, 0.4) is 0 Å². The van der Waals surface area contributed by atoms with Crippen molar-refractivity contribution in [2.45, 2.75) is 6.92 Å². The molecule has 0 saturated carbocycles. The van der Waals surface area contributed by atoms with E-state index in [1.807, 2.05) is 0 Å². The summed E-state index contributed by atoms with van der Waals surface area (Å²) < 4.78 is 5.40. The molecule has 9 nitrogen and oxygen atoms in total. The molecule has 0 saturated heterocycles. The number of amides is 2. The first-order valence-corrected chi connectivity index (χ1v) is 11.7. The number of methoxy groups -OCH3 is 1. The third-order valence-corrected chi connectivity index (χ3v) is 6.26. The van der Waals surface area contributed by atoms with Gasteiger partial charge in [-0.3, -0.25) is 19.9 Å². The van der Waals surface area contributed by atoms with Gasteiger partial charge in [-0.1, -0.05) is 34.5 Å². The second-order valence-corrected chi connectivity index (χ2v) is 9.09. The van der Waals surface area contributed by atoms with Gasteiger partial charge in [0.15, 0.2) is 0 Å². The molecule has 1 aromatic carbocycles. The lowest BCUT2D eigenvalue weighted by Crippen LogP contribution is -2.26. The molecule has 2 amide bonds. The number of carbonyl (C=O) groups excluding carboxylic acids is 2. The summed E-state index contributed by atoms with van der Waals surface area (Å²) in [6.45, 7) is 1.81. The van der Waals surface area contributed by atoms with Gasteiger partial charge in [0.1, 0.15) is 10.9 Å². The van der Waals surface area contributed by atoms with E-state index in [4.69, 9.17) is 27.9 Å². The number of anilines is 2. The SMILES string of the molecule is COc1cnc(Cl)cc1-c1cc(C)ncc1C(=O)Nc1nnc(C(=O)N(C)c2ccc(Cl)cc2)s1. The van der Waals surface area contributed by atoms with Crippen LogP contribution < -0.4 is 15.0 Å². The van der Waals surface area contributed by atoms with Crippen molar-refractivity contribution < 1.29 is 14.3 Å². The molecule has 3 aromatic heterocycles. The number of pyridine rings is 2. The Balaban J connectivity index is 1.59. The van der Waals surface area contributed by atoms with Crippen molar-refractivity contribution >= 4 is 57.2 Å². The first-order chi connectivity index (χ1) is 16.8. The molecule has 4 aromatic rings. The fraction of sp³-hybridized carbons (Fsp3) is 0.130. The fourth-order valence-electron chi connectivity index (χ4n) is 3.20. The lowest BCUT2D eigenvalue weighted by molar-refractivity contribution is 0.0990. The summed E-state index contributed by atoms with van der Waals surface area (Å²) in [5.41, 5.74) is 2.74. The molecule has 1 N–H and O–H groups in total. The van der Waals surface area contributed by atoms with Crippen molar-refractivity contribution in [2.75, 3.05) is 24.4 Å². The molecule has 0 unspecified atom stereocenters. The molecule has 0 spiro atoms. The van der Waals surface area contributed by atoms with Gasteiger partial charge in [0, 0.05) is 40.8 Å². The third-order valence-electron chi connectivity index (χ3n) is 4.98. The van der Waals surface area contributed by atoms with Crippen molar-refractivity contribution in [3.05, 3.63) is 75.2 Å². The van der Waals surface area contributed by atoms with E-state index in [0.717, 1.165) is 11.3 Å². The van der Waals surface area contributed by atoms with Gasteiger partial charge in [0.2, 0.25) is 10.1 Å². The van der Waals surface area contributed by atoms with Crippen LogP contribution in [-0.2, 0) is 0 Å². The van der Waals surface area contributed by atoms with E-state index < -0.39 is 5.91 Å². The number of carbonyl (C=O) groups is 2. The zero-order chi connectivity index (χ0) is 25.1. The highest BCUT2D eigenvalue weighted by Gasteiger charge is 2.22. The predicted octanol–water partition coefficient (Wildman–Crippen LogP) is 5.15. The average Bonchev–Trinajstić information content (AvgIpc) is 3.31. The number of aromatic nitrogens is 4. The van der Waals surface area contributed by atoms with Crippen LogP contribution in [0.25, 0.3) is 11.1 Å². The quantitative estimate of drug-likeness (QED) is 0.344. The Hall–Kier alpha value is -3.60. The minimum Gasteiger partial charge on any atom is -0.494 e. The summed E-state index contributed by atoms with van der Waals surface area (Å²) in [6, 6.07) is 10.2. The largest absolute Gasteiger partial charge is 0.494 e. The number of nitrogens with one attached hydrogen (secondary N) is 1. The lowest BCUT2D eigenvalue weighted by atomic mass is 10.0. The van der Waals surface area contributed by atoms with Crippen LogP contribution in [0.4, 0.5) is 10.8 Å². The van der Waals surface area contributed by atoms with Crippen molar-refractivity contribution in [3.63, 3.8) is 0 Å². The Kier molecular flexibility index (Phi) is 7.25. The number of rotatable bonds is 6. The van der Waals surface area contributed by atoms with E-state index >= 15 is 0 Å². The molecule has 12 heteroatoms. The smallest absolute Gasteiger partial charge is 0.289 e. The van der Waals surface area contributed by atoms with Crippen LogP contribution >= 0.6 is 34.5 Å². The zero-order valence-corrected chi connectivity index (χ0v) is 21.1. The summed E-state index contributed by atoms with van der Waals surface area (Å²) in [4.78, 5) is 35.7. The molecular formula is C23H18Cl2N6O3S. The van der Waals surface area contributed by atoms with Crippen LogP contribution in [0.15, 0.2) is 48.8 Å². The van der Waals surface area contributed by atoms with Gasteiger partial charge in [0.05, 0.1) is 18.9 Å². The van der Waals surface area contributed by atoms with Crippen LogP contribution in [-0.4, -0.2) is 46.1 Å². The molecule has 0 aliphatic rings. The monoisotopic (exact) mass is 528 g/mol. The Morgan fingerprint density at radius 3 is 2.49 bits per heavy atom. The normalized spacial score (nSPS) is 10.7. The minimum atomic E-state index is -0.483. The predicted molar refractivity (Wildman–Crippen MR) is 136 cm³/mol. The maximum absolute atomic E-state index is 13.2. The first-order valence-electron chi connectivity index (χ1n) is 10.1. The Labute approximate surface area is 214 Å². The highest BCUT2D eigenvalue weighted by Crippen LogP contribution is 2.34. The summed E-state index contributed by atoms with van der Waals surface area (Å²) in [7, 11) is 3.12. The van der Waals surface area contributed by atoms with E-state index in [2.05, 4.69) is 25.5 Å². The average molecular weight is 529 g/mol. The first kappa shape index (κ1) is 24.5. The van der Waals surface area contributed by atoms with Gasteiger partial charge >= 0.3 is 0 Å². The molecule has 0 aliphatic heterocycles. The minimum absolute atomic E-state index is 0.114. The molecule has 178 valence electrons. The lowest BCUT2D eigenvalue weighted by Gasteiger charge is -2.15. The van der Waals surface area contributed by atoms with Crippen molar-refractivity contribution in [1.82, 2.24) is 20.2 Å². The Bertz CT molecular complexity index is 1410. The number of halogens is 2. The standard InChI is InChI=1S/C23H18Cl2N6O3S/c1-12-8-15(16-9-19(25)27-11-18(16)34-3)17(10-26-12)20(32)28-23-30-29-21(35-23)22(33)31(2)14-6-4-13(24)5-7-14/h4-11H,1-3H3,(H,28,30,32). The molecule has 0 fully saturated rings. The highest BCUT2D eigenvalue weighted by molar-refractivity contribution is 7.17. The Morgan fingerprint density at radius 2 is 1.77 bits per heavy atom. The van der Waals surface area contributed by atoms with Crippen molar-refractivity contribution in [3.8, 4) is 16.9 Å². The van der Waals surface area contributed by atoms with Crippen LogP contribution in [0, 0.1) is 6.92 Å². The highest BCUT2D eigenvalue weighted by atomic mass is 35.5. The van der Waals surface area contributed by atoms with Gasteiger partial charge in [-0.05, 0) is 43.3 Å². The molecule has 0 radical (unpaired) electrons. The van der Waals surface area contributed by atoms with E-state index in [0.29, 0.717) is 33.3 Å². The van der Waals surface area contributed by atoms with E-state index in [-0.39, 0.29) is 26.8 Å². The summed E-state index contributed by atoms with van der Waals surface area (Å²) >= 11 is 13.0. The maximum atomic E-state index is 13.2. The number of ether oxygens (including phenoxy) is 1. The molecule has 0 atom stereocenters. The number of benzene rings is 1.